The molecule has 2 heterocycles. The highest BCUT2D eigenvalue weighted by Crippen LogP contribution is 2.26. The number of carbonyl (C=O) groups excluding carboxylic acids is 2. The number of rotatable bonds is 12. The molecule has 0 saturated carbocycles. The highest BCUT2D eigenvalue weighted by Gasteiger charge is 2.45. The number of hydrazone groups is 1. The predicted molar refractivity (Wildman–Crippen MR) is 130 cm³/mol. The van der Waals surface area contributed by atoms with Crippen molar-refractivity contribution < 1.29 is 23.8 Å². The van der Waals surface area contributed by atoms with Gasteiger partial charge < -0.3 is 14.2 Å². The highest BCUT2D eigenvalue weighted by atomic mass is 16.6. The first kappa shape index (κ1) is 25.7. The van der Waals surface area contributed by atoms with Gasteiger partial charge in [-0.25, -0.2) is 4.79 Å². The maximum absolute atomic E-state index is 13.1. The summed E-state index contributed by atoms with van der Waals surface area (Å²) >= 11 is 0. The van der Waals surface area contributed by atoms with Crippen LogP contribution in [0.5, 0.6) is 5.75 Å². The molecule has 0 radical (unpaired) electrons. The Morgan fingerprint density at radius 3 is 2.53 bits per heavy atom. The molecule has 1 aromatic rings. The van der Waals surface area contributed by atoms with Crippen LogP contribution >= 0.6 is 0 Å². The Kier molecular flexibility index (Phi) is 9.04. The number of carbonyl (C=O) groups is 2. The smallest absolute Gasteiger partial charge is 0.335 e. The molecule has 186 valence electrons. The van der Waals surface area contributed by atoms with Crippen LogP contribution in [-0.4, -0.2) is 84.9 Å². The maximum Gasteiger partial charge on any atom is 0.335 e. The molecule has 3 atom stereocenters. The van der Waals surface area contributed by atoms with Crippen LogP contribution in [-0.2, 0) is 25.5 Å². The molecule has 0 fully saturated rings. The monoisotopic (exact) mass is 472 g/mol. The minimum Gasteiger partial charge on any atom is -0.492 e. The number of benzene rings is 1. The lowest BCUT2D eigenvalue weighted by atomic mass is 9.98. The Bertz CT molecular complexity index is 914. The summed E-state index contributed by atoms with van der Waals surface area (Å²) in [5.41, 5.74) is 1.93. The zero-order chi connectivity index (χ0) is 24.7. The van der Waals surface area contributed by atoms with Gasteiger partial charge in [0.25, 0.3) is 5.91 Å². The van der Waals surface area contributed by atoms with Crippen molar-refractivity contribution in [2.75, 3.05) is 33.4 Å². The Labute approximate surface area is 201 Å². The van der Waals surface area contributed by atoms with E-state index in [1.807, 2.05) is 45.2 Å². The summed E-state index contributed by atoms with van der Waals surface area (Å²) in [7, 11) is 1.84. The minimum atomic E-state index is -0.622. The normalized spacial score (nSPS) is 20.6. The van der Waals surface area contributed by atoms with Gasteiger partial charge in [-0.05, 0) is 44.9 Å². The van der Waals surface area contributed by atoms with Gasteiger partial charge in [-0.15, -0.1) is 0 Å². The second-order valence-electron chi connectivity index (χ2n) is 8.36. The standard InChI is InChI=1S/C25H36N4O5/c1-6-9-20-22-23(28(5)27-20)24(30)29(17(4)26-22)14-15-34-19-12-10-18(11-13-19)16-21(32-7-2)25(31)33-8-3/h10-13,21-23H,6-9,14-16H2,1-5H3/t21-,22?,23?/m0/s1. The zero-order valence-electron chi connectivity index (χ0n) is 20.8. The Morgan fingerprint density at radius 2 is 1.88 bits per heavy atom. The summed E-state index contributed by atoms with van der Waals surface area (Å²) in [6.07, 6.45) is 1.64. The molecule has 1 amide bonds. The molecule has 2 aliphatic rings. The largest absolute Gasteiger partial charge is 0.492 e. The first-order chi connectivity index (χ1) is 16.4. The van der Waals surface area contributed by atoms with Crippen molar-refractivity contribution in [3.63, 3.8) is 0 Å². The molecule has 0 bridgehead atoms. The Morgan fingerprint density at radius 1 is 1.15 bits per heavy atom. The van der Waals surface area contributed by atoms with Gasteiger partial charge in [-0.1, -0.05) is 25.5 Å². The van der Waals surface area contributed by atoms with Crippen LogP contribution in [0.15, 0.2) is 34.4 Å². The Balaban J connectivity index is 1.54. The van der Waals surface area contributed by atoms with Crippen LogP contribution in [0.2, 0.25) is 0 Å². The van der Waals surface area contributed by atoms with Crippen molar-refractivity contribution in [1.29, 1.82) is 0 Å². The van der Waals surface area contributed by atoms with Crippen molar-refractivity contribution in [2.45, 2.75) is 65.1 Å². The third kappa shape index (κ3) is 5.94. The quantitative estimate of drug-likeness (QED) is 0.434. The van der Waals surface area contributed by atoms with E-state index < -0.39 is 6.10 Å². The second-order valence-corrected chi connectivity index (χ2v) is 8.36. The third-order valence-corrected chi connectivity index (χ3v) is 5.92. The van der Waals surface area contributed by atoms with E-state index in [-0.39, 0.29) is 24.0 Å². The molecule has 34 heavy (non-hydrogen) atoms. The SMILES string of the molecule is CCCC1=NN(C)C2C(=O)N(CCOc3ccc(C[C@H](OCC)C(=O)OCC)cc3)C(C)=NC12. The minimum absolute atomic E-state index is 0.00901. The number of aliphatic imine (C=N–C) groups is 1. The molecule has 3 rings (SSSR count). The average Bonchev–Trinajstić information content (AvgIpc) is 3.12. The fourth-order valence-corrected chi connectivity index (χ4v) is 4.30. The van der Waals surface area contributed by atoms with Gasteiger partial charge in [0.15, 0.2) is 12.1 Å². The molecule has 0 N–H and O–H groups in total. The van der Waals surface area contributed by atoms with Crippen molar-refractivity contribution in [3.05, 3.63) is 29.8 Å². The van der Waals surface area contributed by atoms with Gasteiger partial charge in [-0.3, -0.25) is 19.7 Å². The van der Waals surface area contributed by atoms with Crippen LogP contribution in [0, 0.1) is 0 Å². The van der Waals surface area contributed by atoms with Crippen molar-refractivity contribution in [2.24, 2.45) is 10.1 Å². The molecule has 9 heteroatoms. The number of nitrogens with zero attached hydrogens (tertiary/aromatic N) is 4. The average molecular weight is 473 g/mol. The van der Waals surface area contributed by atoms with Gasteiger partial charge in [0.05, 0.1) is 18.9 Å². The van der Waals surface area contributed by atoms with Gasteiger partial charge in [-0.2, -0.15) is 5.10 Å². The van der Waals surface area contributed by atoms with Crippen molar-refractivity contribution in [1.82, 2.24) is 9.91 Å². The first-order valence-corrected chi connectivity index (χ1v) is 12.0. The van der Waals surface area contributed by atoms with Crippen LogP contribution in [0.25, 0.3) is 0 Å². The molecule has 1 aromatic carbocycles. The van der Waals surface area contributed by atoms with Gasteiger partial charge in [0, 0.05) is 20.1 Å². The van der Waals surface area contributed by atoms with Crippen LogP contribution in [0.4, 0.5) is 0 Å². The van der Waals surface area contributed by atoms with Crippen LogP contribution in [0.1, 0.15) is 46.1 Å². The number of hydrogen-bond acceptors (Lipinski definition) is 8. The fourth-order valence-electron chi connectivity index (χ4n) is 4.30. The van der Waals surface area contributed by atoms with E-state index in [0.29, 0.717) is 44.4 Å². The topological polar surface area (TPSA) is 93.0 Å². The molecule has 0 aliphatic carbocycles. The fraction of sp³-hybridized carbons (Fsp3) is 0.600. The molecule has 0 spiro atoms. The Hall–Kier alpha value is -2.94. The summed E-state index contributed by atoms with van der Waals surface area (Å²) < 4.78 is 16.5. The van der Waals surface area contributed by atoms with E-state index in [4.69, 9.17) is 19.2 Å². The lowest BCUT2D eigenvalue weighted by Crippen LogP contribution is -2.56. The highest BCUT2D eigenvalue weighted by molar-refractivity contribution is 6.08. The number of hydrogen-bond donors (Lipinski definition) is 0. The number of amides is 1. The molecular weight excluding hydrogens is 436 g/mol. The van der Waals surface area contributed by atoms with E-state index in [2.05, 4.69) is 12.0 Å². The zero-order valence-corrected chi connectivity index (χ0v) is 20.8. The second kappa shape index (κ2) is 12.0. The molecule has 0 saturated heterocycles. The first-order valence-electron chi connectivity index (χ1n) is 12.0. The molecule has 2 unspecified atom stereocenters. The van der Waals surface area contributed by atoms with Crippen molar-refractivity contribution in [3.8, 4) is 5.75 Å². The van der Waals surface area contributed by atoms with E-state index >= 15 is 0 Å². The van der Waals surface area contributed by atoms with Gasteiger partial charge in [0.1, 0.15) is 24.2 Å². The molecular formula is C25H36N4O5. The number of likely N-dealkylation sites (N-methyl/N-ethyl adjacent to an activating group) is 1. The van der Waals surface area contributed by atoms with Crippen LogP contribution < -0.4 is 4.74 Å². The lowest BCUT2D eigenvalue weighted by Gasteiger charge is -2.34. The number of ether oxygens (including phenoxy) is 3. The summed E-state index contributed by atoms with van der Waals surface area (Å²) in [5.74, 6) is 1.05. The summed E-state index contributed by atoms with van der Waals surface area (Å²) in [6, 6.07) is 6.97. The van der Waals surface area contributed by atoms with E-state index in [0.717, 1.165) is 24.1 Å². The molecule has 2 aliphatic heterocycles. The number of amidine groups is 1. The third-order valence-electron chi connectivity index (χ3n) is 5.92. The molecule has 9 nitrogen and oxygen atoms in total. The summed E-state index contributed by atoms with van der Waals surface area (Å²) in [5, 5.41) is 6.30. The van der Waals surface area contributed by atoms with Gasteiger partial charge >= 0.3 is 5.97 Å². The van der Waals surface area contributed by atoms with Gasteiger partial charge in [0.2, 0.25) is 0 Å². The number of esters is 1. The maximum atomic E-state index is 13.1. The summed E-state index contributed by atoms with van der Waals surface area (Å²) in [4.78, 5) is 31.7. The number of fused-ring (bicyclic) bond motifs is 1. The van der Waals surface area contributed by atoms with E-state index in [9.17, 15) is 9.59 Å². The van der Waals surface area contributed by atoms with E-state index in [1.165, 1.54) is 0 Å². The van der Waals surface area contributed by atoms with Crippen molar-refractivity contribution >= 4 is 23.4 Å². The predicted octanol–water partition coefficient (Wildman–Crippen LogP) is 2.68. The van der Waals surface area contributed by atoms with E-state index in [1.54, 1.807) is 16.8 Å². The van der Waals surface area contributed by atoms with Crippen LogP contribution in [0.3, 0.4) is 0 Å². The summed E-state index contributed by atoms with van der Waals surface area (Å²) in [6.45, 7) is 9.10. The lowest BCUT2D eigenvalue weighted by molar-refractivity contribution is -0.156. The molecule has 0 aromatic heterocycles.